The number of hydrogen-bond donors (Lipinski definition) is 0. The molecule has 3 aromatic carbocycles. The second-order valence-corrected chi connectivity index (χ2v) is 15.2. The molecular formula is C32H37F3O6S2. The molecular weight excluding hydrogens is 601 g/mol. The van der Waals surface area contributed by atoms with Crippen LogP contribution in [0.3, 0.4) is 0 Å². The molecule has 1 heterocycles. The van der Waals surface area contributed by atoms with Gasteiger partial charge in [0, 0.05) is 17.4 Å². The zero-order chi connectivity index (χ0) is 31.6. The Balaban J connectivity index is 1.53. The van der Waals surface area contributed by atoms with Crippen LogP contribution in [-0.2, 0) is 36.3 Å². The second kappa shape index (κ2) is 12.8. The third-order valence-electron chi connectivity index (χ3n) is 7.44. The summed E-state index contributed by atoms with van der Waals surface area (Å²) in [5, 5.41) is -5.01. The van der Waals surface area contributed by atoms with Crippen LogP contribution in [0.1, 0.15) is 46.6 Å². The Bertz CT molecular complexity index is 1470. The molecule has 4 unspecified atom stereocenters. The molecule has 0 radical (unpaired) electrons. The molecule has 0 spiro atoms. The van der Waals surface area contributed by atoms with Crippen molar-refractivity contribution in [3.05, 3.63) is 84.4 Å². The Morgan fingerprint density at radius 3 is 2.02 bits per heavy atom. The Morgan fingerprint density at radius 2 is 1.49 bits per heavy atom. The van der Waals surface area contributed by atoms with Gasteiger partial charge in [0.05, 0.1) is 30.2 Å². The Labute approximate surface area is 254 Å². The third-order valence-corrected chi connectivity index (χ3v) is 10.6. The maximum atomic E-state index is 13.8. The van der Waals surface area contributed by atoms with E-state index >= 15 is 0 Å². The first kappa shape index (κ1) is 33.3. The number of hydrogen-bond acceptors (Lipinski definition) is 6. The molecule has 4 rings (SSSR count). The van der Waals surface area contributed by atoms with Crippen LogP contribution in [0.2, 0.25) is 0 Å². The maximum absolute atomic E-state index is 13.8. The molecule has 6 nitrogen and oxygen atoms in total. The third kappa shape index (κ3) is 7.39. The van der Waals surface area contributed by atoms with Crippen molar-refractivity contribution in [1.82, 2.24) is 0 Å². The van der Waals surface area contributed by atoms with Gasteiger partial charge in [-0.05, 0) is 73.5 Å². The predicted molar refractivity (Wildman–Crippen MR) is 158 cm³/mol. The molecule has 0 N–H and O–H groups in total. The molecule has 3 aromatic rings. The molecule has 43 heavy (non-hydrogen) atoms. The van der Waals surface area contributed by atoms with E-state index < -0.39 is 51.3 Å². The van der Waals surface area contributed by atoms with E-state index in [1.807, 2.05) is 61.5 Å². The molecule has 1 saturated heterocycles. The van der Waals surface area contributed by atoms with E-state index in [-0.39, 0.29) is 11.5 Å². The number of halogens is 3. The van der Waals surface area contributed by atoms with E-state index in [2.05, 4.69) is 39.8 Å². The van der Waals surface area contributed by atoms with Gasteiger partial charge in [0.2, 0.25) is 0 Å². The van der Waals surface area contributed by atoms with E-state index in [1.165, 1.54) is 0 Å². The first-order valence-corrected chi connectivity index (χ1v) is 16.6. The number of benzene rings is 3. The van der Waals surface area contributed by atoms with Crippen molar-refractivity contribution < 1.29 is 40.4 Å². The summed E-state index contributed by atoms with van der Waals surface area (Å²) >= 11 is 0. The first-order chi connectivity index (χ1) is 20.0. The maximum Gasteiger partial charge on any atom is 0.364 e. The summed E-state index contributed by atoms with van der Waals surface area (Å²) in [6.07, 6.45) is -4.10. The van der Waals surface area contributed by atoms with Crippen molar-refractivity contribution in [2.24, 2.45) is 11.3 Å². The van der Waals surface area contributed by atoms with Gasteiger partial charge in [-0.25, -0.2) is 12.8 Å². The molecule has 234 valence electrons. The molecule has 0 aliphatic carbocycles. The lowest BCUT2D eigenvalue weighted by Gasteiger charge is -2.49. The van der Waals surface area contributed by atoms with E-state index in [4.69, 9.17) is 14.2 Å². The highest BCUT2D eigenvalue weighted by atomic mass is 32.2. The molecule has 11 heteroatoms. The van der Waals surface area contributed by atoms with Crippen LogP contribution < -0.4 is 4.74 Å². The van der Waals surface area contributed by atoms with Crippen LogP contribution in [0, 0.1) is 11.3 Å². The molecule has 0 saturated carbocycles. The van der Waals surface area contributed by atoms with E-state index in [0.717, 1.165) is 20.2 Å². The van der Waals surface area contributed by atoms with Crippen LogP contribution in [0.4, 0.5) is 13.2 Å². The fourth-order valence-electron chi connectivity index (χ4n) is 5.17. The van der Waals surface area contributed by atoms with Gasteiger partial charge in [-0.1, -0.05) is 45.9 Å². The SMILES string of the molecule is CC(C)C1OC(C)(c2ccc([S+](c3ccccc3)c3ccc(OCCC(F)C(F)(F)S(=O)(=O)[O-])cc3)cc2)OCC1(C)C. The summed E-state index contributed by atoms with van der Waals surface area (Å²) in [7, 11) is -6.62. The summed E-state index contributed by atoms with van der Waals surface area (Å²) in [5.74, 6) is -0.270. The molecule has 0 aromatic heterocycles. The lowest BCUT2D eigenvalue weighted by molar-refractivity contribution is -0.337. The lowest BCUT2D eigenvalue weighted by Crippen LogP contribution is -2.52. The van der Waals surface area contributed by atoms with Crippen LogP contribution in [0.15, 0.2) is 93.5 Å². The van der Waals surface area contributed by atoms with Crippen molar-refractivity contribution >= 4 is 21.0 Å². The van der Waals surface area contributed by atoms with Crippen molar-refractivity contribution in [1.29, 1.82) is 0 Å². The average Bonchev–Trinajstić information content (AvgIpc) is 2.95. The van der Waals surface area contributed by atoms with Gasteiger partial charge in [-0.3, -0.25) is 0 Å². The standard InChI is InChI=1S/C32H37F3O6S2/c1-22(2)29-30(3,4)21-40-31(5,41-29)23-11-15-26(16-12-23)42(25-9-7-6-8-10-25)27-17-13-24(14-18-27)39-20-19-28(33)32(34,35)43(36,37)38/h6-18,22,28-29H,19-21H2,1-5H3. The second-order valence-electron chi connectivity index (χ2n) is 11.7. The molecule has 1 aliphatic rings. The highest BCUT2D eigenvalue weighted by Gasteiger charge is 2.48. The summed E-state index contributed by atoms with van der Waals surface area (Å²) in [5.41, 5.74) is 0.804. The minimum absolute atomic E-state index is 0.0256. The van der Waals surface area contributed by atoms with Crippen molar-refractivity contribution in [3.8, 4) is 5.75 Å². The van der Waals surface area contributed by atoms with Gasteiger partial charge in [0.1, 0.15) is 5.75 Å². The Hall–Kier alpha value is -2.57. The van der Waals surface area contributed by atoms with Crippen molar-refractivity contribution in [2.45, 2.75) is 79.0 Å². The predicted octanol–water partition coefficient (Wildman–Crippen LogP) is 7.30. The smallest absolute Gasteiger partial charge is 0.364 e. The van der Waals surface area contributed by atoms with Crippen LogP contribution in [0.5, 0.6) is 5.75 Å². The average molecular weight is 639 g/mol. The zero-order valence-corrected chi connectivity index (χ0v) is 26.4. The van der Waals surface area contributed by atoms with Crippen LogP contribution >= 0.6 is 0 Å². The summed E-state index contributed by atoms with van der Waals surface area (Å²) in [6, 6.07) is 25.1. The van der Waals surface area contributed by atoms with E-state index in [1.54, 1.807) is 12.1 Å². The normalized spacial score (nSPS) is 22.2. The first-order valence-electron chi connectivity index (χ1n) is 14.0. The zero-order valence-electron chi connectivity index (χ0n) is 24.8. The molecule has 1 aliphatic heterocycles. The van der Waals surface area contributed by atoms with Crippen LogP contribution in [-0.4, -0.2) is 43.7 Å². The Kier molecular flexibility index (Phi) is 9.93. The summed E-state index contributed by atoms with van der Waals surface area (Å²) in [4.78, 5) is 3.07. The fraction of sp³-hybridized carbons (Fsp3) is 0.438. The monoisotopic (exact) mass is 638 g/mol. The minimum atomic E-state index is -6.11. The molecule has 0 bridgehead atoms. The van der Waals surface area contributed by atoms with Crippen molar-refractivity contribution in [3.63, 3.8) is 0 Å². The Morgan fingerprint density at radius 1 is 0.953 bits per heavy atom. The van der Waals surface area contributed by atoms with Gasteiger partial charge < -0.3 is 18.8 Å². The van der Waals surface area contributed by atoms with Gasteiger partial charge in [0.15, 0.2) is 36.8 Å². The summed E-state index contributed by atoms with van der Waals surface area (Å²) < 4.78 is 90.7. The van der Waals surface area contributed by atoms with Gasteiger partial charge >= 0.3 is 5.25 Å². The molecule has 4 atom stereocenters. The quantitative estimate of drug-likeness (QED) is 0.162. The van der Waals surface area contributed by atoms with Crippen molar-refractivity contribution in [2.75, 3.05) is 13.2 Å². The number of alkyl halides is 3. The number of ether oxygens (including phenoxy) is 3. The minimum Gasteiger partial charge on any atom is -0.743 e. The van der Waals surface area contributed by atoms with Gasteiger partial charge in [0.25, 0.3) is 0 Å². The highest BCUT2D eigenvalue weighted by molar-refractivity contribution is 7.97. The van der Waals surface area contributed by atoms with Crippen LogP contribution in [0.25, 0.3) is 0 Å². The molecule has 0 amide bonds. The number of rotatable bonds is 11. The van der Waals surface area contributed by atoms with Gasteiger partial charge in [-0.15, -0.1) is 0 Å². The highest BCUT2D eigenvalue weighted by Crippen LogP contribution is 2.43. The fourth-order valence-corrected chi connectivity index (χ4v) is 7.66. The lowest BCUT2D eigenvalue weighted by atomic mass is 9.80. The summed E-state index contributed by atoms with van der Waals surface area (Å²) in [6.45, 7) is 10.6. The largest absolute Gasteiger partial charge is 0.743 e. The van der Waals surface area contributed by atoms with E-state index in [9.17, 15) is 26.1 Å². The molecule has 1 fully saturated rings. The van der Waals surface area contributed by atoms with E-state index in [0.29, 0.717) is 18.3 Å². The topological polar surface area (TPSA) is 84.9 Å². The van der Waals surface area contributed by atoms with Gasteiger partial charge in [-0.2, -0.15) is 8.78 Å².